The molecule has 22 heavy (non-hydrogen) atoms. The second kappa shape index (κ2) is 5.56. The Morgan fingerprint density at radius 2 is 2.00 bits per heavy atom. The molecule has 3 aliphatic rings. The maximum Gasteiger partial charge on any atom is 0.315 e. The molecule has 2 saturated carbocycles. The largest absolute Gasteiger partial charge is 0.335 e. The van der Waals surface area contributed by atoms with Crippen LogP contribution in [0.1, 0.15) is 63.1 Å². The van der Waals surface area contributed by atoms with Gasteiger partial charge in [0.1, 0.15) is 5.82 Å². The number of fused-ring (bicyclic) bond motifs is 1. The van der Waals surface area contributed by atoms with Gasteiger partial charge in [0.15, 0.2) is 5.82 Å². The highest BCUT2D eigenvalue weighted by Gasteiger charge is 2.42. The van der Waals surface area contributed by atoms with E-state index in [-0.39, 0.29) is 12.1 Å². The third kappa shape index (κ3) is 2.83. The third-order valence-electron chi connectivity index (χ3n) is 5.10. The van der Waals surface area contributed by atoms with E-state index in [0.29, 0.717) is 6.04 Å². The van der Waals surface area contributed by atoms with E-state index in [4.69, 9.17) is 0 Å². The predicted octanol–water partition coefficient (Wildman–Crippen LogP) is 2.16. The quantitative estimate of drug-likeness (QED) is 0.875. The Bertz CT molecular complexity index is 549. The van der Waals surface area contributed by atoms with E-state index in [1.165, 1.54) is 25.7 Å². The van der Waals surface area contributed by atoms with Crippen LogP contribution in [0.5, 0.6) is 0 Å². The van der Waals surface area contributed by atoms with Crippen molar-refractivity contribution < 1.29 is 4.79 Å². The van der Waals surface area contributed by atoms with Crippen LogP contribution in [0.15, 0.2) is 0 Å². The van der Waals surface area contributed by atoms with E-state index in [0.717, 1.165) is 49.3 Å². The summed E-state index contributed by atoms with van der Waals surface area (Å²) in [6.45, 7) is 2.97. The minimum Gasteiger partial charge on any atom is -0.335 e. The molecule has 0 bridgehead atoms. The van der Waals surface area contributed by atoms with Crippen molar-refractivity contribution in [1.29, 1.82) is 0 Å². The molecule has 1 aromatic heterocycles. The van der Waals surface area contributed by atoms with E-state index in [9.17, 15) is 4.79 Å². The molecule has 1 aromatic rings. The molecule has 120 valence electrons. The zero-order valence-electron chi connectivity index (χ0n) is 13.2. The fraction of sp³-hybridized carbons (Fsp3) is 0.812. The van der Waals surface area contributed by atoms with Crippen molar-refractivity contribution in [3.63, 3.8) is 0 Å². The molecule has 0 unspecified atom stereocenters. The molecule has 6 nitrogen and oxygen atoms in total. The highest BCUT2D eigenvalue weighted by molar-refractivity contribution is 5.74. The Kier molecular flexibility index (Phi) is 3.54. The molecule has 1 aliphatic heterocycles. The van der Waals surface area contributed by atoms with Crippen molar-refractivity contribution in [2.24, 2.45) is 11.8 Å². The molecular weight excluding hydrogens is 278 g/mol. The maximum atomic E-state index is 12.4. The maximum absolute atomic E-state index is 12.4. The van der Waals surface area contributed by atoms with Gasteiger partial charge in [0, 0.05) is 19.0 Å². The molecule has 0 aromatic carbocycles. The molecular formula is C16H25N5O. The summed E-state index contributed by atoms with van der Waals surface area (Å²) in [5.41, 5.74) is 0. The fourth-order valence-corrected chi connectivity index (χ4v) is 3.57. The van der Waals surface area contributed by atoms with Gasteiger partial charge in [0.2, 0.25) is 0 Å². The molecule has 2 amide bonds. The number of aromatic nitrogens is 3. The minimum atomic E-state index is -0.0247. The van der Waals surface area contributed by atoms with Gasteiger partial charge in [0.05, 0.1) is 6.04 Å². The summed E-state index contributed by atoms with van der Waals surface area (Å²) < 4.78 is 1.96. The van der Waals surface area contributed by atoms with Crippen molar-refractivity contribution >= 4 is 6.03 Å². The Morgan fingerprint density at radius 3 is 2.64 bits per heavy atom. The highest BCUT2D eigenvalue weighted by atomic mass is 16.2. The predicted molar refractivity (Wildman–Crippen MR) is 82.3 cm³/mol. The first-order chi connectivity index (χ1) is 10.7. The first-order valence-corrected chi connectivity index (χ1v) is 8.75. The van der Waals surface area contributed by atoms with Crippen LogP contribution in [-0.4, -0.2) is 26.8 Å². The molecule has 2 heterocycles. The number of nitrogens with one attached hydrogen (secondary N) is 2. The van der Waals surface area contributed by atoms with Gasteiger partial charge in [-0.05, 0) is 50.4 Å². The number of carbonyl (C=O) groups is 1. The summed E-state index contributed by atoms with van der Waals surface area (Å²) in [6.07, 6.45) is 7.94. The summed E-state index contributed by atoms with van der Waals surface area (Å²) >= 11 is 0. The number of amides is 2. The average molecular weight is 303 g/mol. The van der Waals surface area contributed by atoms with E-state index in [1.807, 2.05) is 4.68 Å². The number of carbonyl (C=O) groups excluding carboxylic acids is 1. The van der Waals surface area contributed by atoms with Crippen LogP contribution in [0.2, 0.25) is 0 Å². The summed E-state index contributed by atoms with van der Waals surface area (Å²) in [5.74, 6) is 3.24. The van der Waals surface area contributed by atoms with E-state index >= 15 is 0 Å². The van der Waals surface area contributed by atoms with E-state index in [1.54, 1.807) is 0 Å². The van der Waals surface area contributed by atoms with Crippen LogP contribution in [0.3, 0.4) is 0 Å². The van der Waals surface area contributed by atoms with Crippen molar-refractivity contribution in [2.75, 3.05) is 0 Å². The van der Waals surface area contributed by atoms with Gasteiger partial charge in [-0.1, -0.05) is 6.92 Å². The molecule has 4 rings (SSSR count). The number of aryl methyl sites for hydroxylation is 2. The van der Waals surface area contributed by atoms with Crippen molar-refractivity contribution in [2.45, 2.75) is 70.5 Å². The summed E-state index contributed by atoms with van der Waals surface area (Å²) in [4.78, 5) is 17.0. The van der Waals surface area contributed by atoms with Crippen LogP contribution in [0.25, 0.3) is 0 Å². The smallest absolute Gasteiger partial charge is 0.315 e. The molecule has 2 fully saturated rings. The molecule has 6 heteroatoms. The fourth-order valence-electron chi connectivity index (χ4n) is 3.57. The molecule has 2 aliphatic carbocycles. The van der Waals surface area contributed by atoms with Gasteiger partial charge >= 0.3 is 6.03 Å². The zero-order valence-corrected chi connectivity index (χ0v) is 13.2. The molecule has 2 N–H and O–H groups in total. The molecule has 0 saturated heterocycles. The second-order valence-electron chi connectivity index (χ2n) is 6.98. The average Bonchev–Trinajstić information content (AvgIpc) is 3.42. The molecule has 0 spiro atoms. The van der Waals surface area contributed by atoms with Crippen molar-refractivity contribution in [1.82, 2.24) is 25.4 Å². The van der Waals surface area contributed by atoms with Gasteiger partial charge in [-0.25, -0.2) is 14.5 Å². The van der Waals surface area contributed by atoms with Gasteiger partial charge in [0.25, 0.3) is 0 Å². The summed E-state index contributed by atoms with van der Waals surface area (Å²) in [6, 6.07) is 0.372. The number of hydrogen-bond acceptors (Lipinski definition) is 3. The Labute approximate surface area is 131 Å². The number of urea groups is 1. The Balaban J connectivity index is 1.40. The standard InChI is InChI=1S/C16H25N5O/c1-2-13-18-15-12(4-3-9-21(15)20-13)17-16(22)19-14(10-5-6-10)11-7-8-11/h10-12,14H,2-9H2,1H3,(H2,17,19,22)/t12-/m1/s1. The van der Waals surface area contributed by atoms with Crippen LogP contribution in [-0.2, 0) is 13.0 Å². The first-order valence-electron chi connectivity index (χ1n) is 8.75. The SMILES string of the molecule is CCc1nc2n(n1)CCC[C@H]2NC(=O)NC(C1CC1)C1CC1. The number of hydrogen-bond donors (Lipinski definition) is 2. The topological polar surface area (TPSA) is 71.8 Å². The summed E-state index contributed by atoms with van der Waals surface area (Å²) in [7, 11) is 0. The van der Waals surface area contributed by atoms with Crippen LogP contribution in [0.4, 0.5) is 4.79 Å². The Morgan fingerprint density at radius 1 is 1.27 bits per heavy atom. The minimum absolute atomic E-state index is 0.000561. The van der Waals surface area contributed by atoms with Crippen LogP contribution in [0, 0.1) is 11.8 Å². The monoisotopic (exact) mass is 303 g/mol. The van der Waals surface area contributed by atoms with Gasteiger partial charge in [-0.2, -0.15) is 5.10 Å². The highest BCUT2D eigenvalue weighted by Crippen LogP contribution is 2.44. The van der Waals surface area contributed by atoms with Gasteiger partial charge in [-0.15, -0.1) is 0 Å². The molecule has 0 radical (unpaired) electrons. The lowest BCUT2D eigenvalue weighted by Crippen LogP contribution is -2.46. The third-order valence-corrected chi connectivity index (χ3v) is 5.10. The Hall–Kier alpha value is -1.59. The summed E-state index contributed by atoms with van der Waals surface area (Å²) in [5, 5.41) is 10.9. The number of rotatable bonds is 5. The van der Waals surface area contributed by atoms with Crippen LogP contribution < -0.4 is 10.6 Å². The van der Waals surface area contributed by atoms with Gasteiger partial charge in [-0.3, -0.25) is 0 Å². The van der Waals surface area contributed by atoms with Crippen molar-refractivity contribution in [3.8, 4) is 0 Å². The van der Waals surface area contributed by atoms with Gasteiger partial charge < -0.3 is 10.6 Å². The lowest BCUT2D eigenvalue weighted by atomic mass is 10.1. The molecule has 1 atom stereocenters. The van der Waals surface area contributed by atoms with Crippen LogP contribution >= 0.6 is 0 Å². The lowest BCUT2D eigenvalue weighted by Gasteiger charge is -2.25. The van der Waals surface area contributed by atoms with Crippen molar-refractivity contribution in [3.05, 3.63) is 11.6 Å². The lowest BCUT2D eigenvalue weighted by molar-refractivity contribution is 0.225. The zero-order chi connectivity index (χ0) is 15.1. The number of nitrogens with zero attached hydrogens (tertiary/aromatic N) is 3. The first kappa shape index (κ1) is 14.0. The van der Waals surface area contributed by atoms with E-state index in [2.05, 4.69) is 27.6 Å². The van der Waals surface area contributed by atoms with E-state index < -0.39 is 0 Å². The normalized spacial score (nSPS) is 24.2. The second-order valence-corrected chi connectivity index (χ2v) is 6.98.